The molecule has 0 aliphatic rings. The zero-order chi connectivity index (χ0) is 12.3. The topological polar surface area (TPSA) is 29.1 Å². The number of halogens is 2. The van der Waals surface area contributed by atoms with Crippen molar-refractivity contribution in [1.82, 2.24) is 5.32 Å². The molecule has 1 rings (SSSR count). The molecule has 0 saturated heterocycles. The first-order chi connectivity index (χ1) is 7.35. The second-order valence-corrected chi connectivity index (χ2v) is 4.00. The molecule has 4 heteroatoms. The summed E-state index contributed by atoms with van der Waals surface area (Å²) in [6.45, 7) is 6.99. The van der Waals surface area contributed by atoms with Crippen molar-refractivity contribution in [3.05, 3.63) is 48.1 Å². The lowest BCUT2D eigenvalue weighted by Crippen LogP contribution is -2.41. The summed E-state index contributed by atoms with van der Waals surface area (Å²) in [5.74, 6) is -2.18. The van der Waals surface area contributed by atoms with Crippen molar-refractivity contribution in [3.63, 3.8) is 0 Å². The maximum atomic E-state index is 13.3. The molecule has 0 bridgehead atoms. The average Bonchev–Trinajstić information content (AvgIpc) is 2.16. The normalized spacial score (nSPS) is 11.0. The molecule has 0 fully saturated rings. The lowest BCUT2D eigenvalue weighted by Gasteiger charge is -2.21. The quantitative estimate of drug-likeness (QED) is 0.787. The maximum absolute atomic E-state index is 13.3. The van der Waals surface area contributed by atoms with Gasteiger partial charge in [0.1, 0.15) is 11.6 Å². The fourth-order valence-corrected chi connectivity index (χ4v) is 1.08. The van der Waals surface area contributed by atoms with Gasteiger partial charge in [0.25, 0.3) is 5.91 Å². The van der Waals surface area contributed by atoms with Gasteiger partial charge in [-0.15, -0.1) is 6.58 Å². The van der Waals surface area contributed by atoms with E-state index in [0.717, 1.165) is 12.1 Å². The third-order valence-corrected chi connectivity index (χ3v) is 2.12. The first kappa shape index (κ1) is 12.4. The average molecular weight is 225 g/mol. The first-order valence-corrected chi connectivity index (χ1v) is 4.77. The smallest absolute Gasteiger partial charge is 0.254 e. The zero-order valence-electron chi connectivity index (χ0n) is 9.18. The van der Waals surface area contributed by atoms with Gasteiger partial charge in [0, 0.05) is 6.07 Å². The molecule has 0 heterocycles. The standard InChI is InChI=1S/C12H13F2NO/c1-4-12(2,3)15-11(16)9-6-5-8(13)7-10(9)14/h4-7H,1H2,2-3H3,(H,15,16). The monoisotopic (exact) mass is 225 g/mol. The number of benzene rings is 1. The summed E-state index contributed by atoms with van der Waals surface area (Å²) in [6.07, 6.45) is 1.53. The molecule has 0 spiro atoms. The van der Waals surface area contributed by atoms with E-state index in [1.807, 2.05) is 0 Å². The lowest BCUT2D eigenvalue weighted by atomic mass is 10.1. The van der Waals surface area contributed by atoms with Crippen LogP contribution >= 0.6 is 0 Å². The van der Waals surface area contributed by atoms with Crippen molar-refractivity contribution in [2.45, 2.75) is 19.4 Å². The Morgan fingerprint density at radius 1 is 1.44 bits per heavy atom. The third kappa shape index (κ3) is 2.89. The summed E-state index contributed by atoms with van der Waals surface area (Å²) in [5, 5.41) is 2.56. The van der Waals surface area contributed by atoms with Crippen molar-refractivity contribution in [2.75, 3.05) is 0 Å². The molecule has 0 atom stereocenters. The molecule has 0 unspecified atom stereocenters. The molecule has 1 amide bonds. The van der Waals surface area contributed by atoms with Crippen LogP contribution in [0.15, 0.2) is 30.9 Å². The van der Waals surface area contributed by atoms with E-state index in [9.17, 15) is 13.6 Å². The molecule has 0 saturated carbocycles. The highest BCUT2D eigenvalue weighted by atomic mass is 19.1. The number of hydrogen-bond donors (Lipinski definition) is 1. The second kappa shape index (κ2) is 4.43. The first-order valence-electron chi connectivity index (χ1n) is 4.77. The van der Waals surface area contributed by atoms with Crippen LogP contribution in [0, 0.1) is 11.6 Å². The van der Waals surface area contributed by atoms with E-state index in [0.29, 0.717) is 6.07 Å². The Hall–Kier alpha value is -1.71. The maximum Gasteiger partial charge on any atom is 0.254 e. The Balaban J connectivity index is 2.93. The van der Waals surface area contributed by atoms with E-state index in [4.69, 9.17) is 0 Å². The highest BCUT2D eigenvalue weighted by Crippen LogP contribution is 2.11. The van der Waals surface area contributed by atoms with E-state index >= 15 is 0 Å². The van der Waals surface area contributed by atoms with E-state index < -0.39 is 23.1 Å². The number of carbonyl (C=O) groups excluding carboxylic acids is 1. The van der Waals surface area contributed by atoms with E-state index in [1.165, 1.54) is 6.08 Å². The zero-order valence-corrected chi connectivity index (χ0v) is 9.18. The van der Waals surface area contributed by atoms with Crippen LogP contribution < -0.4 is 5.32 Å². The van der Waals surface area contributed by atoms with Gasteiger partial charge in [-0.25, -0.2) is 8.78 Å². The Morgan fingerprint density at radius 2 is 2.06 bits per heavy atom. The van der Waals surface area contributed by atoms with E-state index in [2.05, 4.69) is 11.9 Å². The number of amides is 1. The van der Waals surface area contributed by atoms with E-state index in [1.54, 1.807) is 13.8 Å². The molecule has 0 aromatic heterocycles. The molecule has 1 N–H and O–H groups in total. The van der Waals surface area contributed by atoms with Crippen molar-refractivity contribution in [3.8, 4) is 0 Å². The highest BCUT2D eigenvalue weighted by molar-refractivity contribution is 5.95. The Labute approximate surface area is 93.0 Å². The Kier molecular flexibility index (Phi) is 3.42. The number of nitrogens with one attached hydrogen (secondary N) is 1. The minimum Gasteiger partial charge on any atom is -0.344 e. The summed E-state index contributed by atoms with van der Waals surface area (Å²) < 4.78 is 25.9. The van der Waals surface area contributed by atoms with Gasteiger partial charge in [-0.05, 0) is 26.0 Å². The molecular weight excluding hydrogens is 212 g/mol. The van der Waals surface area contributed by atoms with Gasteiger partial charge < -0.3 is 5.32 Å². The molecule has 86 valence electrons. The summed E-state index contributed by atoms with van der Waals surface area (Å²) in [6, 6.07) is 2.83. The Bertz CT molecular complexity index is 427. The van der Waals surface area contributed by atoms with Gasteiger partial charge in [0.05, 0.1) is 11.1 Å². The summed E-state index contributed by atoms with van der Waals surface area (Å²) in [4.78, 5) is 11.6. The number of carbonyl (C=O) groups is 1. The van der Waals surface area contributed by atoms with Gasteiger partial charge in [-0.1, -0.05) is 6.08 Å². The second-order valence-electron chi connectivity index (χ2n) is 4.00. The van der Waals surface area contributed by atoms with Gasteiger partial charge in [0.2, 0.25) is 0 Å². The van der Waals surface area contributed by atoms with Gasteiger partial charge in [-0.3, -0.25) is 4.79 Å². The molecule has 16 heavy (non-hydrogen) atoms. The molecule has 0 aliphatic carbocycles. The van der Waals surface area contributed by atoms with Crippen LogP contribution in [0.25, 0.3) is 0 Å². The van der Waals surface area contributed by atoms with Gasteiger partial charge in [0.15, 0.2) is 0 Å². The summed E-state index contributed by atoms with van der Waals surface area (Å²) >= 11 is 0. The third-order valence-electron chi connectivity index (χ3n) is 2.12. The minimum atomic E-state index is -0.877. The predicted molar refractivity (Wildman–Crippen MR) is 58.1 cm³/mol. The SMILES string of the molecule is C=CC(C)(C)NC(=O)c1ccc(F)cc1F. The van der Waals surface area contributed by atoms with Gasteiger partial charge >= 0.3 is 0 Å². The van der Waals surface area contributed by atoms with Crippen LogP contribution in [-0.4, -0.2) is 11.4 Å². The Morgan fingerprint density at radius 3 is 2.56 bits per heavy atom. The summed E-state index contributed by atoms with van der Waals surface area (Å²) in [5.41, 5.74) is -0.825. The lowest BCUT2D eigenvalue weighted by molar-refractivity contribution is 0.0923. The number of hydrogen-bond acceptors (Lipinski definition) is 1. The molecular formula is C12H13F2NO. The molecule has 0 aliphatic heterocycles. The molecule has 2 nitrogen and oxygen atoms in total. The van der Waals surface area contributed by atoms with Crippen LogP contribution in [-0.2, 0) is 0 Å². The van der Waals surface area contributed by atoms with Crippen LogP contribution in [0.2, 0.25) is 0 Å². The van der Waals surface area contributed by atoms with Crippen molar-refractivity contribution in [1.29, 1.82) is 0 Å². The highest BCUT2D eigenvalue weighted by Gasteiger charge is 2.19. The fourth-order valence-electron chi connectivity index (χ4n) is 1.08. The predicted octanol–water partition coefficient (Wildman–Crippen LogP) is 2.66. The van der Waals surface area contributed by atoms with Crippen LogP contribution in [0.1, 0.15) is 24.2 Å². The molecule has 1 aromatic rings. The summed E-state index contributed by atoms with van der Waals surface area (Å²) in [7, 11) is 0. The number of rotatable bonds is 3. The van der Waals surface area contributed by atoms with Crippen LogP contribution in [0.4, 0.5) is 8.78 Å². The van der Waals surface area contributed by atoms with Gasteiger partial charge in [-0.2, -0.15) is 0 Å². The van der Waals surface area contributed by atoms with Crippen molar-refractivity contribution in [2.24, 2.45) is 0 Å². The largest absolute Gasteiger partial charge is 0.344 e. The van der Waals surface area contributed by atoms with Crippen LogP contribution in [0.3, 0.4) is 0 Å². The molecule has 1 aromatic carbocycles. The van der Waals surface area contributed by atoms with Crippen LogP contribution in [0.5, 0.6) is 0 Å². The van der Waals surface area contributed by atoms with Crippen molar-refractivity contribution < 1.29 is 13.6 Å². The van der Waals surface area contributed by atoms with Crippen molar-refractivity contribution >= 4 is 5.91 Å². The molecule has 0 radical (unpaired) electrons. The van der Waals surface area contributed by atoms with E-state index in [-0.39, 0.29) is 5.56 Å². The fraction of sp³-hybridized carbons (Fsp3) is 0.250. The minimum absolute atomic E-state index is 0.184.